The number of ether oxygens (including phenoxy) is 1. The summed E-state index contributed by atoms with van der Waals surface area (Å²) in [4.78, 5) is 41.2. The summed E-state index contributed by atoms with van der Waals surface area (Å²) in [6.45, 7) is 2.64. The van der Waals surface area contributed by atoms with Crippen molar-refractivity contribution in [3.8, 4) is 0 Å². The first-order chi connectivity index (χ1) is 18.1. The zero-order chi connectivity index (χ0) is 29.4. The van der Waals surface area contributed by atoms with Gasteiger partial charge in [0.05, 0.1) is 4.92 Å². The van der Waals surface area contributed by atoms with Crippen molar-refractivity contribution in [3.05, 3.63) is 39.9 Å². The molecule has 1 N–H and O–H groups in total. The summed E-state index contributed by atoms with van der Waals surface area (Å²) in [6.07, 6.45) is 0.592. The molecule has 220 valence electrons. The van der Waals surface area contributed by atoms with Gasteiger partial charge in [0, 0.05) is 50.1 Å². The van der Waals surface area contributed by atoms with Gasteiger partial charge < -0.3 is 9.64 Å². The number of hydrogen-bond donors (Lipinski definition) is 2. The molecule has 18 heteroatoms. The molecule has 0 spiro atoms. The van der Waals surface area contributed by atoms with Crippen molar-refractivity contribution in [1.29, 1.82) is 0 Å². The number of hydrogen-bond acceptors (Lipinski definition) is 9. The number of non-ortho nitro benzene ring substituents is 1. The highest BCUT2D eigenvalue weighted by atomic mass is 32.2. The molecule has 3 rings (SSSR count). The van der Waals surface area contributed by atoms with E-state index >= 15 is 0 Å². The van der Waals surface area contributed by atoms with Gasteiger partial charge in [-0.15, -0.1) is 0 Å². The second-order valence-electron chi connectivity index (χ2n) is 8.67. The number of nitrogens with zero attached hydrogens (tertiary/aromatic N) is 4. The van der Waals surface area contributed by atoms with Gasteiger partial charge in [0.25, 0.3) is 5.69 Å². The van der Waals surface area contributed by atoms with Crippen LogP contribution in [-0.2, 0) is 26.3 Å². The molecule has 39 heavy (non-hydrogen) atoms. The number of rotatable bonds is 6. The molecule has 1 aromatic rings. The van der Waals surface area contributed by atoms with Crippen LogP contribution in [0.2, 0.25) is 0 Å². The van der Waals surface area contributed by atoms with Crippen LogP contribution in [0.1, 0.15) is 18.4 Å². The van der Waals surface area contributed by atoms with Crippen molar-refractivity contribution >= 4 is 40.4 Å². The predicted octanol–water partition coefficient (Wildman–Crippen LogP) is 2.50. The summed E-state index contributed by atoms with van der Waals surface area (Å²) in [7, 11) is -5.84. The lowest BCUT2D eigenvalue weighted by molar-refractivity contribution is -0.384. The Morgan fingerprint density at radius 3 is 2.31 bits per heavy atom. The van der Waals surface area contributed by atoms with Crippen molar-refractivity contribution < 1.29 is 49.8 Å². The van der Waals surface area contributed by atoms with Crippen molar-refractivity contribution in [3.63, 3.8) is 0 Å². The van der Waals surface area contributed by atoms with Gasteiger partial charge in [-0.3, -0.25) is 29.3 Å². The summed E-state index contributed by atoms with van der Waals surface area (Å²) in [5.41, 5.74) is -4.96. The SMILES string of the molecule is O=C([C@@H]1C[C@H](S)CN1C(=O)OCc1ccc([N+](=O)[O-])cc1)N1CCCN(CCF)CC1.O=S(=O)(O)C(F)(F)F. The molecule has 0 aliphatic carbocycles. The topological polar surface area (TPSA) is 151 Å². The zero-order valence-corrected chi connectivity index (χ0v) is 22.2. The van der Waals surface area contributed by atoms with Crippen molar-refractivity contribution in [2.24, 2.45) is 0 Å². The Morgan fingerprint density at radius 1 is 1.15 bits per heavy atom. The van der Waals surface area contributed by atoms with Crippen LogP contribution in [0.25, 0.3) is 0 Å². The summed E-state index contributed by atoms with van der Waals surface area (Å²) in [5.74, 6) is -0.133. The fourth-order valence-electron chi connectivity index (χ4n) is 3.94. The monoisotopic (exact) mass is 604 g/mol. The Balaban J connectivity index is 0.000000580. The van der Waals surface area contributed by atoms with Gasteiger partial charge in [-0.25, -0.2) is 9.18 Å². The maximum atomic E-state index is 13.1. The molecule has 2 heterocycles. The van der Waals surface area contributed by atoms with Crippen LogP contribution in [0, 0.1) is 10.1 Å². The van der Waals surface area contributed by atoms with E-state index in [1.165, 1.54) is 29.2 Å². The van der Waals surface area contributed by atoms with Crippen LogP contribution in [0.15, 0.2) is 24.3 Å². The minimum Gasteiger partial charge on any atom is -0.445 e. The van der Waals surface area contributed by atoms with E-state index in [2.05, 4.69) is 12.6 Å². The Labute approximate surface area is 227 Å². The number of carbonyl (C=O) groups is 2. The molecule has 12 nitrogen and oxygen atoms in total. The van der Waals surface area contributed by atoms with Gasteiger partial charge in [0.15, 0.2) is 0 Å². The quantitative estimate of drug-likeness (QED) is 0.125. The number of carbonyl (C=O) groups excluding carboxylic acids is 2. The molecule has 0 radical (unpaired) electrons. The van der Waals surface area contributed by atoms with Crippen LogP contribution in [0.3, 0.4) is 0 Å². The molecule has 2 atom stereocenters. The molecular weight excluding hydrogens is 576 g/mol. The predicted molar refractivity (Wildman–Crippen MR) is 132 cm³/mol. The molecule has 1 aromatic carbocycles. The first-order valence-electron chi connectivity index (χ1n) is 11.6. The van der Waals surface area contributed by atoms with E-state index in [0.29, 0.717) is 44.7 Å². The summed E-state index contributed by atoms with van der Waals surface area (Å²) in [6, 6.07) is 5.11. The number of alkyl halides is 4. The summed E-state index contributed by atoms with van der Waals surface area (Å²) in [5, 5.41) is 10.6. The Bertz CT molecular complexity index is 1110. The van der Waals surface area contributed by atoms with Crippen LogP contribution >= 0.6 is 12.6 Å². The largest absolute Gasteiger partial charge is 0.522 e. The lowest BCUT2D eigenvalue weighted by Crippen LogP contribution is -2.48. The average molecular weight is 605 g/mol. The first kappa shape index (κ1) is 32.5. The fraction of sp³-hybridized carbons (Fsp3) is 0.619. The van der Waals surface area contributed by atoms with Crippen molar-refractivity contribution in [1.82, 2.24) is 14.7 Å². The highest BCUT2D eigenvalue weighted by Gasteiger charge is 2.44. The molecule has 2 saturated heterocycles. The number of nitro benzene ring substituents is 1. The van der Waals surface area contributed by atoms with Crippen molar-refractivity contribution in [2.75, 3.05) is 45.9 Å². The van der Waals surface area contributed by atoms with Gasteiger partial charge in [-0.2, -0.15) is 34.2 Å². The first-order valence-corrected chi connectivity index (χ1v) is 13.5. The van der Waals surface area contributed by atoms with Crippen LogP contribution in [0.4, 0.5) is 28.0 Å². The van der Waals surface area contributed by atoms with Gasteiger partial charge in [0.1, 0.15) is 19.3 Å². The molecule has 2 amide bonds. The second kappa shape index (κ2) is 14.1. The van der Waals surface area contributed by atoms with E-state index in [9.17, 15) is 37.3 Å². The normalized spacial score (nSPS) is 20.6. The van der Waals surface area contributed by atoms with Crippen molar-refractivity contribution in [2.45, 2.75) is 36.2 Å². The molecule has 2 aliphatic rings. The van der Waals surface area contributed by atoms with E-state index in [-0.39, 0.29) is 23.5 Å². The van der Waals surface area contributed by atoms with E-state index in [0.717, 1.165) is 13.0 Å². The van der Waals surface area contributed by atoms with Gasteiger partial charge in [0.2, 0.25) is 5.91 Å². The number of thiol groups is 1. The van der Waals surface area contributed by atoms with Crippen LogP contribution < -0.4 is 0 Å². The highest BCUT2D eigenvalue weighted by Crippen LogP contribution is 2.25. The summed E-state index contributed by atoms with van der Waals surface area (Å²) < 4.78 is 75.5. The maximum absolute atomic E-state index is 13.1. The third kappa shape index (κ3) is 9.77. The number of benzene rings is 1. The Hall–Kier alpha value is -2.70. The van der Waals surface area contributed by atoms with E-state index in [1.807, 2.05) is 4.90 Å². The van der Waals surface area contributed by atoms with E-state index in [4.69, 9.17) is 17.7 Å². The third-order valence-corrected chi connectivity index (χ3v) is 6.86. The number of likely N-dealkylation sites (tertiary alicyclic amines) is 1. The molecule has 0 unspecified atom stereocenters. The Morgan fingerprint density at radius 2 is 1.77 bits per heavy atom. The number of halogens is 4. The smallest absolute Gasteiger partial charge is 0.445 e. The molecule has 0 saturated carbocycles. The highest BCUT2D eigenvalue weighted by molar-refractivity contribution is 7.86. The Kier molecular flexibility index (Phi) is 11.7. The fourth-order valence-corrected chi connectivity index (χ4v) is 4.31. The maximum Gasteiger partial charge on any atom is 0.522 e. The summed E-state index contributed by atoms with van der Waals surface area (Å²) >= 11 is 4.46. The molecule has 2 aliphatic heterocycles. The van der Waals surface area contributed by atoms with Gasteiger partial charge in [-0.05, 0) is 37.1 Å². The molecule has 0 bridgehead atoms. The lowest BCUT2D eigenvalue weighted by Gasteiger charge is -2.29. The zero-order valence-electron chi connectivity index (χ0n) is 20.5. The minimum atomic E-state index is -5.84. The van der Waals surface area contributed by atoms with Crippen LogP contribution in [0.5, 0.6) is 0 Å². The minimum absolute atomic E-state index is 0.0410. The standard InChI is InChI=1S/C20H27FN4O5S.CHF3O3S/c21-6-9-22-7-1-8-23(11-10-22)19(26)18-12-17(31)13-24(18)20(27)30-14-15-2-4-16(5-3-15)25(28)29;2-1(3,4)8(5,6)7/h2-5,17-18,31H,1,6-14H2;(H,5,6,7)/t17-,18-;/m0./s1. The average Bonchev–Trinajstić information content (AvgIpc) is 3.09. The van der Waals surface area contributed by atoms with E-state index < -0.39 is 39.4 Å². The number of nitro groups is 1. The molecule has 0 aromatic heterocycles. The number of amides is 2. The van der Waals surface area contributed by atoms with E-state index in [1.54, 1.807) is 4.90 Å². The van der Waals surface area contributed by atoms with Gasteiger partial charge >= 0.3 is 21.7 Å². The molecule has 2 fully saturated rings. The third-order valence-electron chi connectivity index (χ3n) is 5.90. The second-order valence-corrected chi connectivity index (χ2v) is 10.8. The lowest BCUT2D eigenvalue weighted by atomic mass is 10.2. The van der Waals surface area contributed by atoms with Crippen LogP contribution in [-0.4, -0.2) is 107 Å². The van der Waals surface area contributed by atoms with Gasteiger partial charge in [-0.1, -0.05) is 0 Å². The molecular formula is C21H28F4N4O8S2.